The van der Waals surface area contributed by atoms with Gasteiger partial charge >= 0.3 is 0 Å². The molecule has 0 fully saturated rings. The van der Waals surface area contributed by atoms with Gasteiger partial charge in [0.1, 0.15) is 6.29 Å². The summed E-state index contributed by atoms with van der Waals surface area (Å²) in [5, 5.41) is 0. The summed E-state index contributed by atoms with van der Waals surface area (Å²) >= 11 is 0. The molecule has 0 saturated heterocycles. The first-order valence-corrected chi connectivity index (χ1v) is 4.46. The molecule has 0 rings (SSSR count). The molecule has 0 aliphatic rings. The molecular weight excluding hydrogens is 168 g/mol. The molecule has 0 bridgehead atoms. The fourth-order valence-electron chi connectivity index (χ4n) is 1.10. The second-order valence-corrected chi connectivity index (χ2v) is 3.59. The molecule has 74 valence electrons. The van der Waals surface area contributed by atoms with E-state index in [1.54, 1.807) is 0 Å². The maximum atomic E-state index is 11.1. The minimum absolute atomic E-state index is 0.00824. The number of carbonyl (C=O) groups excluding carboxylic acids is 3. The fourth-order valence-corrected chi connectivity index (χ4v) is 1.10. The third kappa shape index (κ3) is 4.55. The summed E-state index contributed by atoms with van der Waals surface area (Å²) in [6.07, 6.45) is 1.36. The summed E-state index contributed by atoms with van der Waals surface area (Å²) in [7, 11) is 0. The van der Waals surface area contributed by atoms with Gasteiger partial charge in [0, 0.05) is 19.8 Å². The van der Waals surface area contributed by atoms with Crippen molar-refractivity contribution in [3.8, 4) is 0 Å². The molecule has 0 spiro atoms. The molecule has 3 heteroatoms. The van der Waals surface area contributed by atoms with E-state index in [9.17, 15) is 14.4 Å². The molecule has 0 saturated carbocycles. The zero-order valence-corrected chi connectivity index (χ0v) is 8.37. The van der Waals surface area contributed by atoms with Crippen LogP contribution in [0.2, 0.25) is 0 Å². The van der Waals surface area contributed by atoms with Gasteiger partial charge in [0.2, 0.25) is 0 Å². The summed E-state index contributed by atoms with van der Waals surface area (Å²) < 4.78 is 0. The summed E-state index contributed by atoms with van der Waals surface area (Å²) in [6.45, 7) is 5.16. The maximum absolute atomic E-state index is 11.1. The third-order valence-electron chi connectivity index (χ3n) is 2.18. The standard InChI is InChI=1S/C10H16O3/c1-7(2)9(4-5-11)6-10(13)8(3)12/h5,7,9H,4,6H2,1-3H3/t9-/m0/s1. The minimum Gasteiger partial charge on any atom is -0.303 e. The Morgan fingerprint density at radius 2 is 1.85 bits per heavy atom. The summed E-state index contributed by atoms with van der Waals surface area (Å²) in [5.74, 6) is -0.528. The number of ketones is 2. The van der Waals surface area contributed by atoms with E-state index in [2.05, 4.69) is 0 Å². The number of hydrogen-bond donors (Lipinski definition) is 0. The van der Waals surface area contributed by atoms with Crippen LogP contribution in [0, 0.1) is 11.8 Å². The van der Waals surface area contributed by atoms with Crippen LogP contribution in [-0.2, 0) is 14.4 Å². The van der Waals surface area contributed by atoms with Gasteiger partial charge in [0.25, 0.3) is 0 Å². The topological polar surface area (TPSA) is 51.2 Å². The number of Topliss-reactive ketones (excluding diaryl/α,β-unsaturated/α-hetero) is 2. The first-order valence-electron chi connectivity index (χ1n) is 4.46. The Balaban J connectivity index is 4.17. The molecule has 13 heavy (non-hydrogen) atoms. The minimum atomic E-state index is -0.420. The summed E-state index contributed by atoms with van der Waals surface area (Å²) in [4.78, 5) is 32.0. The largest absolute Gasteiger partial charge is 0.303 e. The molecule has 3 nitrogen and oxygen atoms in total. The van der Waals surface area contributed by atoms with E-state index < -0.39 is 5.78 Å². The average Bonchev–Trinajstić information content (AvgIpc) is 2.03. The molecule has 0 aromatic rings. The number of carbonyl (C=O) groups is 3. The van der Waals surface area contributed by atoms with Crippen molar-refractivity contribution in [1.82, 2.24) is 0 Å². The molecule has 1 atom stereocenters. The summed E-state index contributed by atoms with van der Waals surface area (Å²) in [5.41, 5.74) is 0. The van der Waals surface area contributed by atoms with Gasteiger partial charge in [-0.1, -0.05) is 13.8 Å². The van der Waals surface area contributed by atoms with Gasteiger partial charge in [-0.3, -0.25) is 9.59 Å². The number of rotatable bonds is 6. The van der Waals surface area contributed by atoms with E-state index in [4.69, 9.17) is 0 Å². The molecular formula is C10H16O3. The van der Waals surface area contributed by atoms with E-state index in [1.807, 2.05) is 13.8 Å². The quantitative estimate of drug-likeness (QED) is 0.463. The lowest BCUT2D eigenvalue weighted by Crippen LogP contribution is -2.19. The molecule has 0 aliphatic heterocycles. The van der Waals surface area contributed by atoms with Crippen LogP contribution in [0.1, 0.15) is 33.6 Å². The van der Waals surface area contributed by atoms with Crippen molar-refractivity contribution in [1.29, 1.82) is 0 Å². The molecule has 0 unspecified atom stereocenters. The highest BCUT2D eigenvalue weighted by Crippen LogP contribution is 2.18. The van der Waals surface area contributed by atoms with Crippen LogP contribution in [0.3, 0.4) is 0 Å². The van der Waals surface area contributed by atoms with Gasteiger partial charge in [-0.2, -0.15) is 0 Å². The smallest absolute Gasteiger partial charge is 0.198 e. The maximum Gasteiger partial charge on any atom is 0.198 e. The highest BCUT2D eigenvalue weighted by molar-refractivity contribution is 6.36. The van der Waals surface area contributed by atoms with Gasteiger partial charge in [-0.25, -0.2) is 0 Å². The van der Waals surface area contributed by atoms with Crippen molar-refractivity contribution < 1.29 is 14.4 Å². The Kier molecular flexibility index (Phi) is 5.19. The lowest BCUT2D eigenvalue weighted by atomic mass is 9.88. The first-order chi connectivity index (χ1) is 5.99. The second-order valence-electron chi connectivity index (χ2n) is 3.59. The normalized spacial score (nSPS) is 12.6. The average molecular weight is 184 g/mol. The molecule has 0 N–H and O–H groups in total. The molecule has 0 aromatic heterocycles. The van der Waals surface area contributed by atoms with Gasteiger partial charge in [0.05, 0.1) is 0 Å². The van der Waals surface area contributed by atoms with Crippen molar-refractivity contribution >= 4 is 17.9 Å². The number of hydrogen-bond acceptors (Lipinski definition) is 3. The Labute approximate surface area is 78.5 Å². The van der Waals surface area contributed by atoms with E-state index in [0.717, 1.165) is 6.29 Å². The van der Waals surface area contributed by atoms with Crippen LogP contribution < -0.4 is 0 Å². The van der Waals surface area contributed by atoms with Crippen LogP contribution in [-0.4, -0.2) is 17.9 Å². The summed E-state index contributed by atoms with van der Waals surface area (Å²) in [6, 6.07) is 0. The van der Waals surface area contributed by atoms with Gasteiger partial charge in [0.15, 0.2) is 11.6 Å². The van der Waals surface area contributed by atoms with Crippen molar-refractivity contribution in [2.75, 3.05) is 0 Å². The van der Waals surface area contributed by atoms with Crippen molar-refractivity contribution in [3.63, 3.8) is 0 Å². The van der Waals surface area contributed by atoms with Crippen LogP contribution in [0.15, 0.2) is 0 Å². The van der Waals surface area contributed by atoms with Gasteiger partial charge in [-0.05, 0) is 11.8 Å². The predicted octanol–water partition coefficient (Wildman–Crippen LogP) is 1.40. The van der Waals surface area contributed by atoms with Crippen LogP contribution >= 0.6 is 0 Å². The molecule has 0 aromatic carbocycles. The zero-order chi connectivity index (χ0) is 10.4. The lowest BCUT2D eigenvalue weighted by molar-refractivity contribution is -0.136. The zero-order valence-electron chi connectivity index (χ0n) is 8.37. The van der Waals surface area contributed by atoms with Crippen molar-refractivity contribution in [2.45, 2.75) is 33.6 Å². The van der Waals surface area contributed by atoms with E-state index >= 15 is 0 Å². The number of aldehydes is 1. The van der Waals surface area contributed by atoms with Crippen molar-refractivity contribution in [3.05, 3.63) is 0 Å². The van der Waals surface area contributed by atoms with E-state index in [-0.39, 0.29) is 24.0 Å². The Morgan fingerprint density at radius 3 is 2.15 bits per heavy atom. The fraction of sp³-hybridized carbons (Fsp3) is 0.700. The monoisotopic (exact) mass is 184 g/mol. The van der Waals surface area contributed by atoms with E-state index in [1.165, 1.54) is 6.92 Å². The Bertz CT molecular complexity index is 206. The molecule has 0 amide bonds. The van der Waals surface area contributed by atoms with Crippen LogP contribution in [0.4, 0.5) is 0 Å². The second kappa shape index (κ2) is 5.62. The van der Waals surface area contributed by atoms with Crippen molar-refractivity contribution in [2.24, 2.45) is 11.8 Å². The lowest BCUT2D eigenvalue weighted by Gasteiger charge is -2.16. The van der Waals surface area contributed by atoms with Gasteiger partial charge in [-0.15, -0.1) is 0 Å². The van der Waals surface area contributed by atoms with Gasteiger partial charge < -0.3 is 4.79 Å². The molecule has 0 radical (unpaired) electrons. The predicted molar refractivity (Wildman–Crippen MR) is 49.3 cm³/mol. The molecule has 0 aliphatic carbocycles. The highest BCUT2D eigenvalue weighted by Gasteiger charge is 2.19. The van der Waals surface area contributed by atoms with Crippen LogP contribution in [0.5, 0.6) is 0 Å². The third-order valence-corrected chi connectivity index (χ3v) is 2.18. The Morgan fingerprint density at radius 1 is 1.31 bits per heavy atom. The van der Waals surface area contributed by atoms with Crippen LogP contribution in [0.25, 0.3) is 0 Å². The Hall–Kier alpha value is -0.990. The van der Waals surface area contributed by atoms with E-state index in [0.29, 0.717) is 6.42 Å². The first kappa shape index (κ1) is 12.0. The SMILES string of the molecule is CC(=O)C(=O)C[C@H](CC=O)C(C)C. The molecule has 0 heterocycles. The highest BCUT2D eigenvalue weighted by atomic mass is 16.2.